The van der Waals surface area contributed by atoms with Crippen LogP contribution in [0.5, 0.6) is 5.88 Å². The average molecular weight is 481 g/mol. The fourth-order valence-electron chi connectivity index (χ4n) is 3.97. The van der Waals surface area contributed by atoms with Crippen LogP contribution in [0.25, 0.3) is 11.1 Å². The van der Waals surface area contributed by atoms with Crippen LogP contribution in [0.4, 0.5) is 5.69 Å². The van der Waals surface area contributed by atoms with E-state index in [1.165, 1.54) is 5.56 Å². The SMILES string of the molecule is Cn1cc(-c2cnc3c(c2)NCC(CNCC(C)(C)c2ccc(C#N)cc2)O3)cn1.c1ccccc1. The molecule has 2 N–H and O–H groups in total. The first-order valence-electron chi connectivity index (χ1n) is 12.1. The van der Waals surface area contributed by atoms with Gasteiger partial charge < -0.3 is 15.4 Å². The fraction of sp³-hybridized carbons (Fsp3) is 0.276. The van der Waals surface area contributed by atoms with Crippen molar-refractivity contribution in [3.8, 4) is 23.1 Å². The minimum absolute atomic E-state index is 0.00556. The summed E-state index contributed by atoms with van der Waals surface area (Å²) in [5, 5.41) is 20.1. The predicted molar refractivity (Wildman–Crippen MR) is 143 cm³/mol. The van der Waals surface area contributed by atoms with E-state index >= 15 is 0 Å². The molecule has 2 aromatic carbocycles. The van der Waals surface area contributed by atoms with Gasteiger partial charge in [-0.3, -0.25) is 4.68 Å². The summed E-state index contributed by atoms with van der Waals surface area (Å²) < 4.78 is 7.86. The fourth-order valence-corrected chi connectivity index (χ4v) is 3.97. The molecule has 0 aliphatic carbocycles. The molecule has 1 aliphatic rings. The lowest BCUT2D eigenvalue weighted by Gasteiger charge is -2.30. The predicted octanol–water partition coefficient (Wildman–Crippen LogP) is 4.78. The van der Waals surface area contributed by atoms with Gasteiger partial charge in [0.2, 0.25) is 5.88 Å². The van der Waals surface area contributed by atoms with E-state index in [9.17, 15) is 0 Å². The van der Waals surface area contributed by atoms with Gasteiger partial charge in [-0.1, -0.05) is 62.4 Å². The zero-order chi connectivity index (χ0) is 25.4. The Morgan fingerprint density at radius 1 is 1.08 bits per heavy atom. The largest absolute Gasteiger partial charge is 0.470 e. The van der Waals surface area contributed by atoms with Crippen molar-refractivity contribution in [2.45, 2.75) is 25.4 Å². The standard InChI is InChI=1S/C23H26N6O.C6H6/c1-23(2,19-6-4-16(9-24)5-7-19)15-25-12-20-13-26-21-8-17(10-27-22(21)30-20)18-11-28-29(3)14-18;1-2-4-6-5-3-1/h4-8,10-11,14,20,25-26H,12-13,15H2,1-3H3;1-6H. The molecule has 36 heavy (non-hydrogen) atoms. The maximum Gasteiger partial charge on any atom is 0.237 e. The van der Waals surface area contributed by atoms with Crippen LogP contribution >= 0.6 is 0 Å². The lowest BCUT2D eigenvalue weighted by molar-refractivity contribution is 0.191. The summed E-state index contributed by atoms with van der Waals surface area (Å²) in [4.78, 5) is 4.50. The number of anilines is 1. The Bertz CT molecular complexity index is 1260. The molecule has 7 heteroatoms. The molecule has 2 aromatic heterocycles. The molecular formula is C29H32N6O. The number of aromatic nitrogens is 3. The Balaban J connectivity index is 0.000000445. The molecule has 3 heterocycles. The molecule has 1 aliphatic heterocycles. The summed E-state index contributed by atoms with van der Waals surface area (Å²) in [5.74, 6) is 0.632. The first-order valence-corrected chi connectivity index (χ1v) is 12.1. The molecule has 0 bridgehead atoms. The Labute approximate surface area is 212 Å². The second-order valence-corrected chi connectivity index (χ2v) is 9.46. The van der Waals surface area contributed by atoms with Crippen molar-refractivity contribution >= 4 is 5.69 Å². The van der Waals surface area contributed by atoms with Crippen molar-refractivity contribution in [3.63, 3.8) is 0 Å². The molecule has 7 nitrogen and oxygen atoms in total. The van der Waals surface area contributed by atoms with Gasteiger partial charge in [0, 0.05) is 49.1 Å². The van der Waals surface area contributed by atoms with Crippen LogP contribution in [0.2, 0.25) is 0 Å². The molecule has 4 aromatic rings. The molecule has 1 atom stereocenters. The third-order valence-electron chi connectivity index (χ3n) is 6.09. The number of nitrogens with zero attached hydrogens (tertiary/aromatic N) is 4. The van der Waals surface area contributed by atoms with E-state index in [0.717, 1.165) is 36.4 Å². The first kappa shape index (κ1) is 25.0. The van der Waals surface area contributed by atoms with E-state index in [-0.39, 0.29) is 11.5 Å². The topological polar surface area (TPSA) is 87.8 Å². The zero-order valence-electron chi connectivity index (χ0n) is 21.0. The molecule has 0 spiro atoms. The van der Waals surface area contributed by atoms with Crippen molar-refractivity contribution in [2.24, 2.45) is 7.05 Å². The molecule has 0 radical (unpaired) electrons. The lowest BCUT2D eigenvalue weighted by Crippen LogP contribution is -2.43. The minimum atomic E-state index is -0.0507. The average Bonchev–Trinajstić information content (AvgIpc) is 3.36. The van der Waals surface area contributed by atoms with Crippen LogP contribution in [0, 0.1) is 11.3 Å². The Morgan fingerprint density at radius 2 is 1.78 bits per heavy atom. The first-order chi connectivity index (χ1) is 17.4. The molecule has 0 amide bonds. The van der Waals surface area contributed by atoms with Crippen LogP contribution in [-0.4, -0.2) is 40.5 Å². The summed E-state index contributed by atoms with van der Waals surface area (Å²) in [5.41, 5.74) is 4.78. The van der Waals surface area contributed by atoms with Crippen molar-refractivity contribution in [1.29, 1.82) is 5.26 Å². The van der Waals surface area contributed by atoms with Gasteiger partial charge in [0.05, 0.1) is 30.1 Å². The minimum Gasteiger partial charge on any atom is -0.470 e. The molecule has 0 saturated carbocycles. The van der Waals surface area contributed by atoms with Crippen LogP contribution in [0.15, 0.2) is 85.3 Å². The maximum absolute atomic E-state index is 8.97. The Kier molecular flexibility index (Phi) is 7.99. The molecule has 5 rings (SSSR count). The molecule has 0 fully saturated rings. The van der Waals surface area contributed by atoms with Crippen LogP contribution in [-0.2, 0) is 12.5 Å². The summed E-state index contributed by atoms with van der Waals surface area (Å²) >= 11 is 0. The van der Waals surface area contributed by atoms with E-state index in [1.54, 1.807) is 4.68 Å². The van der Waals surface area contributed by atoms with E-state index in [1.807, 2.05) is 86.3 Å². The van der Waals surface area contributed by atoms with Gasteiger partial charge >= 0.3 is 0 Å². The Morgan fingerprint density at radius 3 is 2.39 bits per heavy atom. The summed E-state index contributed by atoms with van der Waals surface area (Å²) in [6.07, 6.45) is 5.62. The van der Waals surface area contributed by atoms with Crippen molar-refractivity contribution < 1.29 is 4.74 Å². The van der Waals surface area contributed by atoms with E-state index in [0.29, 0.717) is 11.4 Å². The highest BCUT2D eigenvalue weighted by Gasteiger charge is 2.24. The number of nitrogens with one attached hydrogen (secondary N) is 2. The number of rotatable bonds is 6. The summed E-state index contributed by atoms with van der Waals surface area (Å²) in [6, 6.07) is 24.0. The van der Waals surface area contributed by atoms with Gasteiger partial charge in [-0.25, -0.2) is 4.98 Å². The lowest BCUT2D eigenvalue weighted by atomic mass is 9.84. The number of benzene rings is 2. The number of hydrogen-bond acceptors (Lipinski definition) is 6. The number of aryl methyl sites for hydroxylation is 1. The highest BCUT2D eigenvalue weighted by molar-refractivity contribution is 5.69. The van der Waals surface area contributed by atoms with Gasteiger partial charge in [0.25, 0.3) is 0 Å². The molecule has 1 unspecified atom stereocenters. The third-order valence-corrected chi connectivity index (χ3v) is 6.09. The van der Waals surface area contributed by atoms with Gasteiger partial charge in [-0.2, -0.15) is 10.4 Å². The van der Waals surface area contributed by atoms with Crippen LogP contribution in [0.3, 0.4) is 0 Å². The van der Waals surface area contributed by atoms with Crippen molar-refractivity contribution in [1.82, 2.24) is 20.1 Å². The highest BCUT2D eigenvalue weighted by Crippen LogP contribution is 2.31. The number of hydrogen-bond donors (Lipinski definition) is 2. The van der Waals surface area contributed by atoms with Gasteiger partial charge in [0.15, 0.2) is 0 Å². The highest BCUT2D eigenvalue weighted by atomic mass is 16.5. The molecular weight excluding hydrogens is 448 g/mol. The van der Waals surface area contributed by atoms with E-state index in [4.69, 9.17) is 10.00 Å². The zero-order valence-corrected chi connectivity index (χ0v) is 21.0. The summed E-state index contributed by atoms with van der Waals surface area (Å²) in [6.45, 7) is 6.63. The van der Waals surface area contributed by atoms with E-state index < -0.39 is 0 Å². The maximum atomic E-state index is 8.97. The van der Waals surface area contributed by atoms with Gasteiger partial charge in [-0.15, -0.1) is 0 Å². The smallest absolute Gasteiger partial charge is 0.237 e. The molecule has 184 valence electrons. The van der Waals surface area contributed by atoms with Crippen molar-refractivity contribution in [3.05, 3.63) is 96.4 Å². The van der Waals surface area contributed by atoms with Crippen LogP contribution < -0.4 is 15.4 Å². The number of ether oxygens (including phenoxy) is 1. The summed E-state index contributed by atoms with van der Waals surface area (Å²) in [7, 11) is 1.90. The number of pyridine rings is 1. The second-order valence-electron chi connectivity index (χ2n) is 9.46. The van der Waals surface area contributed by atoms with E-state index in [2.05, 4.69) is 46.7 Å². The van der Waals surface area contributed by atoms with Gasteiger partial charge in [-0.05, 0) is 23.8 Å². The Hall–Kier alpha value is -4.15. The van der Waals surface area contributed by atoms with Crippen molar-refractivity contribution in [2.75, 3.05) is 25.0 Å². The third kappa shape index (κ3) is 6.49. The monoisotopic (exact) mass is 480 g/mol. The molecule has 0 saturated heterocycles. The van der Waals surface area contributed by atoms with Crippen LogP contribution in [0.1, 0.15) is 25.0 Å². The van der Waals surface area contributed by atoms with Gasteiger partial charge in [0.1, 0.15) is 6.10 Å². The number of nitriles is 1. The normalized spacial score (nSPS) is 14.3. The second kappa shape index (κ2) is 11.5. The number of fused-ring (bicyclic) bond motifs is 1. The quantitative estimate of drug-likeness (QED) is 0.413.